The summed E-state index contributed by atoms with van der Waals surface area (Å²) in [5.41, 5.74) is 3.47. The van der Waals surface area contributed by atoms with E-state index in [-0.39, 0.29) is 24.5 Å². The van der Waals surface area contributed by atoms with Crippen molar-refractivity contribution in [1.29, 1.82) is 0 Å². The Kier molecular flexibility index (Phi) is 5.93. The third-order valence-electron chi connectivity index (χ3n) is 4.40. The van der Waals surface area contributed by atoms with Crippen LogP contribution in [0.3, 0.4) is 0 Å². The molecule has 0 aliphatic rings. The lowest BCUT2D eigenvalue weighted by Gasteiger charge is -2.09. The Bertz CT molecular complexity index is 982. The highest BCUT2D eigenvalue weighted by Gasteiger charge is 2.20. The molecule has 7 heteroatoms. The van der Waals surface area contributed by atoms with Crippen LogP contribution in [0, 0.1) is 13.8 Å². The fourth-order valence-corrected chi connectivity index (χ4v) is 2.59. The Balaban J connectivity index is 1.54. The molecular weight excluding hydrogens is 358 g/mol. The van der Waals surface area contributed by atoms with Crippen molar-refractivity contribution < 1.29 is 18.8 Å². The molecule has 2 aromatic heterocycles. The first-order chi connectivity index (χ1) is 13.4. The zero-order valence-electron chi connectivity index (χ0n) is 16.0. The largest absolute Gasteiger partial charge is 0.453 e. The van der Waals surface area contributed by atoms with E-state index in [1.165, 1.54) is 0 Å². The van der Waals surface area contributed by atoms with E-state index in [1.807, 2.05) is 26.0 Å². The standard InChI is InChI=1S/C21H21N3O4/c1-13-6-7-16(11-14(13)2)18(25)8-9-19(26)27-15(3)21-23-20(24-28-21)17-5-4-10-22-12-17/h4-7,10-12,15H,8-9H2,1-3H3. The third-order valence-corrected chi connectivity index (χ3v) is 4.40. The lowest BCUT2D eigenvalue weighted by Crippen LogP contribution is -2.11. The number of Topliss-reactive ketones (excluding diaryl/α,β-unsaturated/α-hetero) is 1. The summed E-state index contributed by atoms with van der Waals surface area (Å²) in [7, 11) is 0. The molecule has 28 heavy (non-hydrogen) atoms. The van der Waals surface area contributed by atoms with Crippen molar-refractivity contribution in [2.45, 2.75) is 39.7 Å². The van der Waals surface area contributed by atoms with Crippen LogP contribution in [0.5, 0.6) is 0 Å². The van der Waals surface area contributed by atoms with Gasteiger partial charge in [-0.15, -0.1) is 0 Å². The molecule has 1 unspecified atom stereocenters. The summed E-state index contributed by atoms with van der Waals surface area (Å²) in [5.74, 6) is -0.0289. The highest BCUT2D eigenvalue weighted by molar-refractivity contribution is 5.97. The number of carbonyl (C=O) groups is 2. The second-order valence-corrected chi connectivity index (χ2v) is 6.55. The average molecular weight is 379 g/mol. The molecule has 3 rings (SSSR count). The normalized spacial score (nSPS) is 11.8. The fraction of sp³-hybridized carbons (Fsp3) is 0.286. The van der Waals surface area contributed by atoms with Gasteiger partial charge >= 0.3 is 5.97 Å². The van der Waals surface area contributed by atoms with Gasteiger partial charge in [-0.25, -0.2) is 0 Å². The van der Waals surface area contributed by atoms with Crippen LogP contribution in [0.1, 0.15) is 53.2 Å². The fourth-order valence-electron chi connectivity index (χ4n) is 2.59. The van der Waals surface area contributed by atoms with E-state index < -0.39 is 12.1 Å². The third kappa shape index (κ3) is 4.68. The molecule has 0 N–H and O–H groups in total. The van der Waals surface area contributed by atoms with E-state index in [0.717, 1.165) is 11.1 Å². The maximum absolute atomic E-state index is 12.3. The Morgan fingerprint density at radius 3 is 2.68 bits per heavy atom. The molecule has 1 atom stereocenters. The van der Waals surface area contributed by atoms with Crippen LogP contribution in [0.25, 0.3) is 11.4 Å². The maximum atomic E-state index is 12.3. The summed E-state index contributed by atoms with van der Waals surface area (Å²) in [6, 6.07) is 9.08. The van der Waals surface area contributed by atoms with Gasteiger partial charge in [-0.2, -0.15) is 4.98 Å². The summed E-state index contributed by atoms with van der Waals surface area (Å²) >= 11 is 0. The first-order valence-electron chi connectivity index (χ1n) is 8.98. The zero-order valence-corrected chi connectivity index (χ0v) is 16.0. The van der Waals surface area contributed by atoms with Gasteiger partial charge in [-0.1, -0.05) is 17.3 Å². The van der Waals surface area contributed by atoms with Crippen LogP contribution < -0.4 is 0 Å². The number of carbonyl (C=O) groups excluding carboxylic acids is 2. The van der Waals surface area contributed by atoms with Crippen LogP contribution in [-0.4, -0.2) is 26.9 Å². The summed E-state index contributed by atoms with van der Waals surface area (Å²) in [4.78, 5) is 32.6. The Labute approximate surface area is 162 Å². The first-order valence-corrected chi connectivity index (χ1v) is 8.98. The Morgan fingerprint density at radius 2 is 1.96 bits per heavy atom. The number of benzene rings is 1. The minimum atomic E-state index is -0.706. The number of aryl methyl sites for hydroxylation is 2. The van der Waals surface area contributed by atoms with Gasteiger partial charge in [0, 0.05) is 29.9 Å². The predicted octanol–water partition coefficient (Wildman–Crippen LogP) is 4.02. The van der Waals surface area contributed by atoms with Gasteiger partial charge in [0.2, 0.25) is 5.82 Å². The number of nitrogens with zero attached hydrogens (tertiary/aromatic N) is 3. The molecular formula is C21H21N3O4. The van der Waals surface area contributed by atoms with Gasteiger partial charge in [0.15, 0.2) is 11.9 Å². The van der Waals surface area contributed by atoms with Crippen molar-refractivity contribution in [3.05, 3.63) is 65.3 Å². The SMILES string of the molecule is Cc1ccc(C(=O)CCC(=O)OC(C)c2nc(-c3cccnc3)no2)cc1C. The molecule has 0 fully saturated rings. The van der Waals surface area contributed by atoms with Crippen molar-refractivity contribution in [3.8, 4) is 11.4 Å². The minimum Gasteiger partial charge on any atom is -0.453 e. The van der Waals surface area contributed by atoms with Crippen molar-refractivity contribution in [2.24, 2.45) is 0 Å². The summed E-state index contributed by atoms with van der Waals surface area (Å²) < 4.78 is 10.5. The molecule has 7 nitrogen and oxygen atoms in total. The number of ether oxygens (including phenoxy) is 1. The van der Waals surface area contributed by atoms with Crippen molar-refractivity contribution in [1.82, 2.24) is 15.1 Å². The van der Waals surface area contributed by atoms with Crippen molar-refractivity contribution in [3.63, 3.8) is 0 Å². The Morgan fingerprint density at radius 1 is 1.14 bits per heavy atom. The van der Waals surface area contributed by atoms with E-state index in [9.17, 15) is 9.59 Å². The summed E-state index contributed by atoms with van der Waals surface area (Å²) in [6.07, 6.45) is 2.62. The number of ketones is 1. The molecule has 0 aliphatic heterocycles. The maximum Gasteiger partial charge on any atom is 0.307 e. The topological polar surface area (TPSA) is 95.2 Å². The lowest BCUT2D eigenvalue weighted by atomic mass is 10.0. The van der Waals surface area contributed by atoms with Gasteiger partial charge in [0.25, 0.3) is 5.89 Å². The molecule has 0 saturated heterocycles. The predicted molar refractivity (Wildman–Crippen MR) is 102 cm³/mol. The Hall–Kier alpha value is -3.35. The van der Waals surface area contributed by atoms with Crippen LogP contribution in [0.4, 0.5) is 0 Å². The quantitative estimate of drug-likeness (QED) is 0.452. The smallest absolute Gasteiger partial charge is 0.307 e. The minimum absolute atomic E-state index is 0.0142. The molecule has 0 aliphatic carbocycles. The van der Waals surface area contributed by atoms with Crippen molar-refractivity contribution in [2.75, 3.05) is 0 Å². The molecule has 2 heterocycles. The molecule has 0 bridgehead atoms. The highest BCUT2D eigenvalue weighted by atomic mass is 16.6. The van der Waals surface area contributed by atoms with Gasteiger partial charge in [-0.3, -0.25) is 14.6 Å². The molecule has 144 valence electrons. The summed E-state index contributed by atoms with van der Waals surface area (Å²) in [5, 5.41) is 3.87. The van der Waals surface area contributed by atoms with Crippen molar-refractivity contribution >= 4 is 11.8 Å². The zero-order chi connectivity index (χ0) is 20.1. The average Bonchev–Trinajstić information content (AvgIpc) is 3.19. The van der Waals surface area contributed by atoms with E-state index in [1.54, 1.807) is 37.5 Å². The number of rotatable bonds is 7. The second kappa shape index (κ2) is 8.56. The highest BCUT2D eigenvalue weighted by Crippen LogP contribution is 2.20. The first kappa shape index (κ1) is 19.4. The van der Waals surface area contributed by atoms with Gasteiger partial charge in [0.1, 0.15) is 0 Å². The van der Waals surface area contributed by atoms with E-state index in [0.29, 0.717) is 17.0 Å². The molecule has 0 saturated carbocycles. The monoisotopic (exact) mass is 379 g/mol. The molecule has 0 radical (unpaired) electrons. The van der Waals surface area contributed by atoms with E-state index >= 15 is 0 Å². The van der Waals surface area contributed by atoms with E-state index in [2.05, 4.69) is 15.1 Å². The second-order valence-electron chi connectivity index (χ2n) is 6.55. The molecule has 3 aromatic rings. The summed E-state index contributed by atoms with van der Waals surface area (Å²) in [6.45, 7) is 5.58. The molecule has 0 amide bonds. The number of hydrogen-bond acceptors (Lipinski definition) is 7. The van der Waals surface area contributed by atoms with Gasteiger partial charge < -0.3 is 9.26 Å². The van der Waals surface area contributed by atoms with Gasteiger partial charge in [-0.05, 0) is 50.1 Å². The molecule has 1 aromatic carbocycles. The number of pyridine rings is 1. The lowest BCUT2D eigenvalue weighted by molar-refractivity contribution is -0.149. The van der Waals surface area contributed by atoms with Gasteiger partial charge in [0.05, 0.1) is 6.42 Å². The van der Waals surface area contributed by atoms with Crippen LogP contribution in [0.2, 0.25) is 0 Å². The van der Waals surface area contributed by atoms with Crippen LogP contribution in [-0.2, 0) is 9.53 Å². The van der Waals surface area contributed by atoms with E-state index in [4.69, 9.17) is 9.26 Å². The number of aromatic nitrogens is 3. The molecule has 0 spiro atoms. The van der Waals surface area contributed by atoms with Crippen LogP contribution >= 0.6 is 0 Å². The van der Waals surface area contributed by atoms with Crippen LogP contribution in [0.15, 0.2) is 47.2 Å². The number of hydrogen-bond donors (Lipinski definition) is 0. The number of esters is 1.